The first-order valence-electron chi connectivity index (χ1n) is 7.00. The van der Waals surface area contributed by atoms with Gasteiger partial charge in [0.15, 0.2) is 0 Å². The van der Waals surface area contributed by atoms with Gasteiger partial charge in [0.1, 0.15) is 0 Å². The molecule has 3 aromatic heterocycles. The lowest BCUT2D eigenvalue weighted by Gasteiger charge is -2.03. The third-order valence-corrected chi connectivity index (χ3v) is 4.38. The van der Waals surface area contributed by atoms with Crippen LogP contribution in [0.25, 0.3) is 10.4 Å². The second-order valence-corrected chi connectivity index (χ2v) is 5.84. The van der Waals surface area contributed by atoms with Crippen molar-refractivity contribution in [2.24, 2.45) is 0 Å². The van der Waals surface area contributed by atoms with E-state index in [1.165, 1.54) is 16.9 Å². The fourth-order valence-electron chi connectivity index (χ4n) is 2.09. The number of nitrogens with one attached hydrogen (secondary N) is 1. The molecular weight excluding hydrogens is 294 g/mol. The molecule has 1 amide bonds. The van der Waals surface area contributed by atoms with Crippen LogP contribution in [0.1, 0.15) is 15.2 Å². The van der Waals surface area contributed by atoms with Crippen LogP contribution >= 0.6 is 11.3 Å². The summed E-state index contributed by atoms with van der Waals surface area (Å²) in [6.45, 7) is 0.616. The van der Waals surface area contributed by atoms with Gasteiger partial charge in [-0.15, -0.1) is 11.3 Å². The zero-order valence-corrected chi connectivity index (χ0v) is 12.7. The molecule has 0 unspecified atom stereocenters. The predicted octanol–water partition coefficient (Wildman–Crippen LogP) is 3.18. The topological polar surface area (TPSA) is 54.9 Å². The summed E-state index contributed by atoms with van der Waals surface area (Å²) in [5, 5.41) is 2.95. The summed E-state index contributed by atoms with van der Waals surface area (Å²) in [4.78, 5) is 21.9. The molecule has 0 fully saturated rings. The molecular formula is C17H15N3OS. The van der Waals surface area contributed by atoms with Gasteiger partial charge in [-0.3, -0.25) is 14.8 Å². The van der Waals surface area contributed by atoms with Crippen molar-refractivity contribution in [2.75, 3.05) is 6.54 Å². The molecule has 0 aliphatic heterocycles. The SMILES string of the molecule is O=C(NCCc1ccncc1)c1ccc(-c2ccncc2)s1. The van der Waals surface area contributed by atoms with Gasteiger partial charge in [-0.2, -0.15) is 0 Å². The van der Waals surface area contributed by atoms with E-state index in [2.05, 4.69) is 15.3 Å². The molecule has 0 saturated heterocycles. The van der Waals surface area contributed by atoms with Gasteiger partial charge in [0.25, 0.3) is 5.91 Å². The number of carbonyl (C=O) groups is 1. The van der Waals surface area contributed by atoms with Gasteiger partial charge in [-0.05, 0) is 53.9 Å². The summed E-state index contributed by atoms with van der Waals surface area (Å²) >= 11 is 1.49. The van der Waals surface area contributed by atoms with E-state index >= 15 is 0 Å². The Bertz CT molecular complexity index is 741. The highest BCUT2D eigenvalue weighted by Gasteiger charge is 2.09. The van der Waals surface area contributed by atoms with E-state index in [0.717, 1.165) is 21.7 Å². The minimum Gasteiger partial charge on any atom is -0.351 e. The van der Waals surface area contributed by atoms with E-state index in [1.54, 1.807) is 24.8 Å². The first kappa shape index (κ1) is 14.4. The molecule has 5 heteroatoms. The quantitative estimate of drug-likeness (QED) is 0.787. The highest BCUT2D eigenvalue weighted by atomic mass is 32.1. The van der Waals surface area contributed by atoms with Gasteiger partial charge in [-0.25, -0.2) is 0 Å². The van der Waals surface area contributed by atoms with Gasteiger partial charge in [0.05, 0.1) is 4.88 Å². The van der Waals surface area contributed by atoms with Crippen molar-refractivity contribution < 1.29 is 4.79 Å². The molecule has 0 radical (unpaired) electrons. The first-order chi connectivity index (χ1) is 10.8. The number of aromatic nitrogens is 2. The monoisotopic (exact) mass is 309 g/mol. The normalized spacial score (nSPS) is 10.4. The van der Waals surface area contributed by atoms with Crippen molar-refractivity contribution in [1.29, 1.82) is 0 Å². The molecule has 0 spiro atoms. The third-order valence-electron chi connectivity index (χ3n) is 3.24. The van der Waals surface area contributed by atoms with E-state index in [-0.39, 0.29) is 5.91 Å². The van der Waals surface area contributed by atoms with E-state index in [1.807, 2.05) is 36.4 Å². The highest BCUT2D eigenvalue weighted by molar-refractivity contribution is 7.17. The number of thiophene rings is 1. The van der Waals surface area contributed by atoms with E-state index < -0.39 is 0 Å². The number of hydrogen-bond donors (Lipinski definition) is 1. The molecule has 110 valence electrons. The van der Waals surface area contributed by atoms with Gasteiger partial charge >= 0.3 is 0 Å². The van der Waals surface area contributed by atoms with Crippen molar-refractivity contribution in [2.45, 2.75) is 6.42 Å². The summed E-state index contributed by atoms with van der Waals surface area (Å²) in [5.74, 6) is -0.0284. The fourth-order valence-corrected chi connectivity index (χ4v) is 3.02. The van der Waals surface area contributed by atoms with Crippen molar-refractivity contribution in [3.8, 4) is 10.4 Å². The Morgan fingerprint density at radius 3 is 2.36 bits per heavy atom. The lowest BCUT2D eigenvalue weighted by Crippen LogP contribution is -2.24. The molecule has 0 atom stereocenters. The zero-order chi connectivity index (χ0) is 15.2. The Labute approximate surface area is 132 Å². The first-order valence-corrected chi connectivity index (χ1v) is 7.82. The van der Waals surface area contributed by atoms with Gasteiger partial charge in [0, 0.05) is 36.2 Å². The Morgan fingerprint density at radius 2 is 1.64 bits per heavy atom. The molecule has 1 N–H and O–H groups in total. The molecule has 0 aliphatic carbocycles. The Kier molecular flexibility index (Phi) is 4.56. The van der Waals surface area contributed by atoms with Gasteiger partial charge in [-0.1, -0.05) is 0 Å². The van der Waals surface area contributed by atoms with Crippen LogP contribution in [0.2, 0.25) is 0 Å². The summed E-state index contributed by atoms with van der Waals surface area (Å²) < 4.78 is 0. The van der Waals surface area contributed by atoms with Crippen molar-refractivity contribution >= 4 is 17.2 Å². The lowest BCUT2D eigenvalue weighted by atomic mass is 10.2. The molecule has 0 saturated carbocycles. The molecule has 22 heavy (non-hydrogen) atoms. The lowest BCUT2D eigenvalue weighted by molar-refractivity contribution is 0.0958. The number of rotatable bonds is 5. The molecule has 3 aromatic rings. The van der Waals surface area contributed by atoms with Crippen molar-refractivity contribution in [3.63, 3.8) is 0 Å². The van der Waals surface area contributed by atoms with Crippen LogP contribution in [0.15, 0.2) is 61.2 Å². The maximum Gasteiger partial charge on any atom is 0.261 e. The summed E-state index contributed by atoms with van der Waals surface area (Å²) in [6.07, 6.45) is 7.83. The third kappa shape index (κ3) is 3.56. The van der Waals surface area contributed by atoms with Gasteiger partial charge < -0.3 is 5.32 Å². The largest absolute Gasteiger partial charge is 0.351 e. The van der Waals surface area contributed by atoms with Crippen LogP contribution in [0, 0.1) is 0 Å². The van der Waals surface area contributed by atoms with Crippen LogP contribution in [-0.4, -0.2) is 22.4 Å². The maximum absolute atomic E-state index is 12.2. The number of carbonyl (C=O) groups excluding carboxylic acids is 1. The van der Waals surface area contributed by atoms with Crippen LogP contribution < -0.4 is 5.32 Å². The van der Waals surface area contributed by atoms with Crippen molar-refractivity contribution in [3.05, 3.63) is 71.6 Å². The number of amides is 1. The molecule has 0 aliphatic rings. The number of nitrogens with zero attached hydrogens (tertiary/aromatic N) is 2. The smallest absolute Gasteiger partial charge is 0.261 e. The average Bonchev–Trinajstić information content (AvgIpc) is 3.07. The minimum atomic E-state index is -0.0284. The second kappa shape index (κ2) is 6.95. The Morgan fingerprint density at radius 1 is 0.955 bits per heavy atom. The van der Waals surface area contributed by atoms with E-state index in [4.69, 9.17) is 0 Å². The standard InChI is InChI=1S/C17H15N3OS/c21-17(20-12-5-13-3-8-18-9-4-13)16-2-1-15(22-16)14-6-10-19-11-7-14/h1-4,6-11H,5,12H2,(H,20,21). The molecule has 3 rings (SSSR count). The summed E-state index contributed by atoms with van der Waals surface area (Å²) in [6, 6.07) is 11.6. The molecule has 0 bridgehead atoms. The zero-order valence-electron chi connectivity index (χ0n) is 11.9. The number of hydrogen-bond acceptors (Lipinski definition) is 4. The van der Waals surface area contributed by atoms with Crippen LogP contribution in [0.3, 0.4) is 0 Å². The number of pyridine rings is 2. The second-order valence-electron chi connectivity index (χ2n) is 4.76. The van der Waals surface area contributed by atoms with Crippen molar-refractivity contribution in [1.82, 2.24) is 15.3 Å². The van der Waals surface area contributed by atoms with Gasteiger partial charge in [0.2, 0.25) is 0 Å². The molecule has 3 heterocycles. The predicted molar refractivity (Wildman–Crippen MR) is 87.8 cm³/mol. The molecule has 4 nitrogen and oxygen atoms in total. The van der Waals surface area contributed by atoms with Crippen LogP contribution in [0.4, 0.5) is 0 Å². The van der Waals surface area contributed by atoms with E-state index in [0.29, 0.717) is 6.54 Å². The highest BCUT2D eigenvalue weighted by Crippen LogP contribution is 2.27. The fraction of sp³-hybridized carbons (Fsp3) is 0.118. The van der Waals surface area contributed by atoms with Crippen LogP contribution in [0.5, 0.6) is 0 Å². The van der Waals surface area contributed by atoms with Crippen LogP contribution in [-0.2, 0) is 6.42 Å². The average molecular weight is 309 g/mol. The molecule has 0 aromatic carbocycles. The Hall–Kier alpha value is -2.53. The van der Waals surface area contributed by atoms with E-state index in [9.17, 15) is 4.79 Å². The maximum atomic E-state index is 12.2. The Balaban J connectivity index is 1.58. The summed E-state index contributed by atoms with van der Waals surface area (Å²) in [5.41, 5.74) is 2.25. The summed E-state index contributed by atoms with van der Waals surface area (Å²) in [7, 11) is 0. The minimum absolute atomic E-state index is 0.0284.